The van der Waals surface area contributed by atoms with E-state index < -0.39 is 11.8 Å². The normalized spacial score (nSPS) is 18.3. The van der Waals surface area contributed by atoms with Gasteiger partial charge in [0, 0.05) is 0 Å². The summed E-state index contributed by atoms with van der Waals surface area (Å²) >= 11 is 3.04. The molecule has 0 saturated carbocycles. The van der Waals surface area contributed by atoms with Crippen molar-refractivity contribution < 1.29 is 19.0 Å². The zero-order chi connectivity index (χ0) is 11.9. The first-order valence-corrected chi connectivity index (χ1v) is 5.44. The molecule has 0 bridgehead atoms. The molecular formula is C10H9BrFNO3. The summed E-state index contributed by atoms with van der Waals surface area (Å²) < 4.78 is 18.9. The van der Waals surface area contributed by atoms with Gasteiger partial charge >= 0.3 is 5.97 Å². The number of hydrogen-bond acceptors (Lipinski definition) is 3. The molecule has 1 aromatic carbocycles. The van der Waals surface area contributed by atoms with Crippen LogP contribution in [0.3, 0.4) is 0 Å². The first-order chi connectivity index (χ1) is 7.50. The van der Waals surface area contributed by atoms with Crippen molar-refractivity contribution in [2.75, 3.05) is 11.9 Å². The van der Waals surface area contributed by atoms with E-state index in [0.29, 0.717) is 12.3 Å². The summed E-state index contributed by atoms with van der Waals surface area (Å²) in [4.78, 5) is 11.0. The van der Waals surface area contributed by atoms with Crippen molar-refractivity contribution in [2.45, 2.75) is 13.0 Å². The average molecular weight is 290 g/mol. The number of benzene rings is 1. The van der Waals surface area contributed by atoms with E-state index in [9.17, 15) is 9.18 Å². The van der Waals surface area contributed by atoms with Gasteiger partial charge in [-0.25, -0.2) is 9.18 Å². The van der Waals surface area contributed by atoms with Crippen molar-refractivity contribution in [1.82, 2.24) is 0 Å². The Morgan fingerprint density at radius 2 is 2.44 bits per heavy atom. The summed E-state index contributed by atoms with van der Waals surface area (Å²) in [5.74, 6) is -1.61. The first kappa shape index (κ1) is 11.2. The smallest absolute Gasteiger partial charge is 0.338 e. The molecule has 0 radical (unpaired) electrons. The Hall–Kier alpha value is -1.30. The highest BCUT2D eigenvalue weighted by atomic mass is 79.9. The lowest BCUT2D eigenvalue weighted by atomic mass is 10.1. The zero-order valence-corrected chi connectivity index (χ0v) is 9.97. The molecule has 0 aliphatic carbocycles. The Balaban J connectivity index is 2.64. The van der Waals surface area contributed by atoms with Gasteiger partial charge in [0.1, 0.15) is 12.4 Å². The van der Waals surface area contributed by atoms with Crippen molar-refractivity contribution in [3.8, 4) is 5.75 Å². The second-order valence-corrected chi connectivity index (χ2v) is 4.38. The van der Waals surface area contributed by atoms with Crippen LogP contribution in [0.4, 0.5) is 10.1 Å². The van der Waals surface area contributed by atoms with E-state index in [1.165, 1.54) is 0 Å². The number of nitrogens with one attached hydrogen (secondary N) is 1. The molecule has 0 spiro atoms. The molecule has 6 heteroatoms. The molecule has 16 heavy (non-hydrogen) atoms. The number of carboxylic acid groups (broad SMARTS) is 1. The summed E-state index contributed by atoms with van der Waals surface area (Å²) in [6.07, 6.45) is 0. The second-order valence-electron chi connectivity index (χ2n) is 3.59. The van der Waals surface area contributed by atoms with Crippen molar-refractivity contribution in [1.29, 1.82) is 0 Å². The number of fused-ring (bicyclic) bond motifs is 1. The maximum atomic E-state index is 13.4. The van der Waals surface area contributed by atoms with Crippen LogP contribution in [0, 0.1) is 5.82 Å². The lowest BCUT2D eigenvalue weighted by Gasteiger charge is -2.27. The summed E-state index contributed by atoms with van der Waals surface area (Å²) in [6, 6.07) is 0.961. The van der Waals surface area contributed by atoms with E-state index in [-0.39, 0.29) is 21.8 Å². The van der Waals surface area contributed by atoms with Crippen LogP contribution in [0.15, 0.2) is 10.5 Å². The average Bonchev–Trinajstić information content (AvgIpc) is 2.22. The molecule has 0 aromatic heterocycles. The van der Waals surface area contributed by atoms with Gasteiger partial charge in [-0.15, -0.1) is 0 Å². The molecule has 86 valence electrons. The number of halogens is 2. The molecule has 2 rings (SSSR count). The van der Waals surface area contributed by atoms with Gasteiger partial charge in [0.25, 0.3) is 0 Å². The van der Waals surface area contributed by atoms with E-state index in [1.807, 2.05) is 6.92 Å². The largest absolute Gasteiger partial charge is 0.488 e. The van der Waals surface area contributed by atoms with E-state index in [1.54, 1.807) is 0 Å². The topological polar surface area (TPSA) is 58.6 Å². The highest BCUT2D eigenvalue weighted by Crippen LogP contribution is 2.40. The predicted octanol–water partition coefficient (Wildman–Crippen LogP) is 2.48. The molecule has 4 nitrogen and oxygen atoms in total. The van der Waals surface area contributed by atoms with Gasteiger partial charge in [0.15, 0.2) is 5.75 Å². The predicted molar refractivity (Wildman–Crippen MR) is 59.6 cm³/mol. The van der Waals surface area contributed by atoms with Crippen LogP contribution in [-0.4, -0.2) is 23.7 Å². The van der Waals surface area contributed by atoms with Crippen LogP contribution in [0.2, 0.25) is 0 Å². The van der Waals surface area contributed by atoms with Gasteiger partial charge < -0.3 is 15.2 Å². The number of aromatic carboxylic acids is 1. The zero-order valence-electron chi connectivity index (χ0n) is 8.38. The maximum Gasteiger partial charge on any atom is 0.338 e. The number of carboxylic acids is 1. The summed E-state index contributed by atoms with van der Waals surface area (Å²) in [5, 5.41) is 11.9. The van der Waals surface area contributed by atoms with Crippen LogP contribution >= 0.6 is 15.9 Å². The van der Waals surface area contributed by atoms with Gasteiger partial charge in [-0.2, -0.15) is 0 Å². The lowest BCUT2D eigenvalue weighted by molar-refractivity contribution is 0.0696. The number of ether oxygens (including phenoxy) is 1. The second kappa shape index (κ2) is 3.93. The number of hydrogen-bond donors (Lipinski definition) is 2. The van der Waals surface area contributed by atoms with Gasteiger partial charge in [-0.1, -0.05) is 0 Å². The SMILES string of the molecule is CC1COc2c(Br)c(F)cc(C(=O)O)c2N1. The standard InChI is InChI=1S/C10H9BrFNO3/c1-4-3-16-9-7(11)6(12)2-5(10(14)15)8(9)13-4/h2,4,13H,3H2,1H3,(H,14,15). The van der Waals surface area contributed by atoms with Crippen LogP contribution in [0.1, 0.15) is 17.3 Å². The lowest BCUT2D eigenvalue weighted by Crippen LogP contribution is -2.30. The number of anilines is 1. The Kier molecular flexibility index (Phi) is 2.75. The number of carbonyl (C=O) groups is 1. The molecule has 1 aromatic rings. The maximum absolute atomic E-state index is 13.4. The summed E-state index contributed by atoms with van der Waals surface area (Å²) in [5.41, 5.74) is 0.196. The fourth-order valence-corrected chi connectivity index (χ4v) is 1.97. The summed E-state index contributed by atoms with van der Waals surface area (Å²) in [7, 11) is 0. The molecule has 2 N–H and O–H groups in total. The van der Waals surface area contributed by atoms with E-state index in [2.05, 4.69) is 21.2 Å². The monoisotopic (exact) mass is 289 g/mol. The van der Waals surface area contributed by atoms with Crippen LogP contribution in [0.25, 0.3) is 0 Å². The van der Waals surface area contributed by atoms with Gasteiger partial charge in [-0.3, -0.25) is 0 Å². The molecule has 1 unspecified atom stereocenters. The Morgan fingerprint density at radius 1 is 1.75 bits per heavy atom. The van der Waals surface area contributed by atoms with E-state index >= 15 is 0 Å². The summed E-state index contributed by atoms with van der Waals surface area (Å²) in [6.45, 7) is 2.22. The molecule has 0 saturated heterocycles. The van der Waals surface area contributed by atoms with E-state index in [0.717, 1.165) is 6.07 Å². The minimum atomic E-state index is -1.19. The van der Waals surface area contributed by atoms with Crippen LogP contribution in [-0.2, 0) is 0 Å². The van der Waals surface area contributed by atoms with Gasteiger partial charge in [-0.05, 0) is 28.9 Å². The van der Waals surface area contributed by atoms with Crippen molar-refractivity contribution in [2.24, 2.45) is 0 Å². The molecular weight excluding hydrogens is 281 g/mol. The number of rotatable bonds is 1. The third-order valence-corrected chi connectivity index (χ3v) is 3.01. The van der Waals surface area contributed by atoms with E-state index in [4.69, 9.17) is 9.84 Å². The fourth-order valence-electron chi connectivity index (χ4n) is 1.55. The van der Waals surface area contributed by atoms with Gasteiger partial charge in [0.2, 0.25) is 0 Å². The molecule has 1 atom stereocenters. The van der Waals surface area contributed by atoms with Crippen molar-refractivity contribution in [3.63, 3.8) is 0 Å². The highest BCUT2D eigenvalue weighted by molar-refractivity contribution is 9.10. The minimum absolute atomic E-state index is 0.0111. The third-order valence-electron chi connectivity index (χ3n) is 2.28. The van der Waals surface area contributed by atoms with Crippen LogP contribution in [0.5, 0.6) is 5.75 Å². The van der Waals surface area contributed by atoms with Crippen molar-refractivity contribution in [3.05, 3.63) is 21.9 Å². The Morgan fingerprint density at radius 3 is 3.06 bits per heavy atom. The molecule has 1 aliphatic heterocycles. The first-order valence-electron chi connectivity index (χ1n) is 4.65. The minimum Gasteiger partial charge on any atom is -0.488 e. The molecule has 1 aliphatic rings. The molecule has 1 heterocycles. The molecule has 0 amide bonds. The highest BCUT2D eigenvalue weighted by Gasteiger charge is 2.26. The van der Waals surface area contributed by atoms with Crippen LogP contribution < -0.4 is 10.1 Å². The fraction of sp³-hybridized carbons (Fsp3) is 0.300. The van der Waals surface area contributed by atoms with Crippen molar-refractivity contribution >= 4 is 27.6 Å². The quantitative estimate of drug-likeness (QED) is 0.834. The Bertz CT molecular complexity index is 464. The molecule has 0 fully saturated rings. The third kappa shape index (κ3) is 1.73. The van der Waals surface area contributed by atoms with Gasteiger partial charge in [0.05, 0.1) is 21.8 Å². The Labute approximate surface area is 99.5 Å².